The van der Waals surface area contributed by atoms with E-state index in [1.807, 2.05) is 24.3 Å². The van der Waals surface area contributed by atoms with Crippen LogP contribution in [0.25, 0.3) is 11.5 Å². The molecule has 1 N–H and O–H groups in total. The van der Waals surface area contributed by atoms with E-state index in [-0.39, 0.29) is 22.6 Å². The third-order valence-electron chi connectivity index (χ3n) is 3.20. The van der Waals surface area contributed by atoms with Crippen molar-refractivity contribution in [1.82, 2.24) is 10.2 Å². The minimum Gasteiger partial charge on any atom is -0.411 e. The summed E-state index contributed by atoms with van der Waals surface area (Å²) in [5.74, 6) is 0.134. The number of thioether (sulfide) groups is 1. The Balaban J connectivity index is 1.56. The van der Waals surface area contributed by atoms with E-state index in [2.05, 4.69) is 31.4 Å². The molecule has 0 spiro atoms. The summed E-state index contributed by atoms with van der Waals surface area (Å²) in [6.07, 6.45) is 0. The molecule has 0 unspecified atom stereocenters. The number of hydrogen-bond acceptors (Lipinski definition) is 7. The topological polar surface area (TPSA) is 111 Å². The average molecular weight is 435 g/mol. The molecule has 3 rings (SSSR count). The fraction of sp³-hybridized carbons (Fsp3) is 0.0625. The van der Waals surface area contributed by atoms with E-state index in [0.717, 1.165) is 21.8 Å². The molecule has 0 fully saturated rings. The van der Waals surface area contributed by atoms with Crippen LogP contribution in [-0.2, 0) is 4.79 Å². The minimum atomic E-state index is -0.500. The summed E-state index contributed by atoms with van der Waals surface area (Å²) in [4.78, 5) is 22.1. The number of nitrogens with zero attached hydrogens (tertiary/aromatic N) is 3. The largest absolute Gasteiger partial charge is 0.411 e. The molecule has 8 nitrogen and oxygen atoms in total. The summed E-state index contributed by atoms with van der Waals surface area (Å²) in [6.45, 7) is 0. The van der Waals surface area contributed by atoms with Crippen LogP contribution in [0.4, 0.5) is 11.4 Å². The molecule has 0 aliphatic heterocycles. The molecule has 0 aliphatic carbocycles. The highest BCUT2D eigenvalue weighted by atomic mass is 79.9. The summed E-state index contributed by atoms with van der Waals surface area (Å²) in [7, 11) is 0. The van der Waals surface area contributed by atoms with Crippen molar-refractivity contribution in [3.05, 3.63) is 63.1 Å². The van der Waals surface area contributed by atoms with Crippen LogP contribution in [0.15, 0.2) is 62.6 Å². The number of halogens is 1. The van der Waals surface area contributed by atoms with E-state index in [1.165, 1.54) is 24.3 Å². The second kappa shape index (κ2) is 8.11. The van der Waals surface area contributed by atoms with Crippen LogP contribution < -0.4 is 5.32 Å². The van der Waals surface area contributed by atoms with E-state index >= 15 is 0 Å². The van der Waals surface area contributed by atoms with E-state index in [9.17, 15) is 14.9 Å². The van der Waals surface area contributed by atoms with E-state index in [4.69, 9.17) is 4.42 Å². The van der Waals surface area contributed by atoms with Gasteiger partial charge in [0, 0.05) is 22.3 Å². The Hall–Kier alpha value is -2.72. The molecule has 0 aliphatic rings. The van der Waals surface area contributed by atoms with Crippen LogP contribution in [0.2, 0.25) is 0 Å². The average Bonchev–Trinajstić information content (AvgIpc) is 3.09. The van der Waals surface area contributed by atoms with Crippen molar-refractivity contribution in [2.45, 2.75) is 5.22 Å². The van der Waals surface area contributed by atoms with Crippen molar-refractivity contribution < 1.29 is 14.1 Å². The number of rotatable bonds is 6. The van der Waals surface area contributed by atoms with Gasteiger partial charge in [-0.2, -0.15) is 0 Å². The third-order valence-corrected chi connectivity index (χ3v) is 4.71. The maximum atomic E-state index is 12.0. The highest BCUT2D eigenvalue weighted by molar-refractivity contribution is 9.10. The predicted molar refractivity (Wildman–Crippen MR) is 99.9 cm³/mol. The molecular weight excluding hydrogens is 424 g/mol. The number of carbonyl (C=O) groups is 1. The first-order chi connectivity index (χ1) is 12.5. The Kier molecular flexibility index (Phi) is 5.64. The standard InChI is InChI=1S/C16H11BrN4O4S/c17-13-4-2-1-3-12(13)15-19-20-16(25-15)26-9-14(22)18-10-5-7-11(8-6-10)21(23)24/h1-8H,9H2,(H,18,22). The van der Waals surface area contributed by atoms with Gasteiger partial charge in [0.1, 0.15) is 0 Å². The van der Waals surface area contributed by atoms with Crippen molar-refractivity contribution in [1.29, 1.82) is 0 Å². The van der Waals surface area contributed by atoms with Gasteiger partial charge in [-0.25, -0.2) is 0 Å². The summed E-state index contributed by atoms with van der Waals surface area (Å²) in [5.41, 5.74) is 1.20. The minimum absolute atomic E-state index is 0.0390. The van der Waals surface area contributed by atoms with Gasteiger partial charge in [-0.1, -0.05) is 23.9 Å². The highest BCUT2D eigenvalue weighted by Gasteiger charge is 2.13. The molecule has 2 aromatic carbocycles. The Morgan fingerprint density at radius 1 is 1.19 bits per heavy atom. The molecule has 0 radical (unpaired) electrons. The van der Waals surface area contributed by atoms with Crippen molar-refractivity contribution in [2.24, 2.45) is 0 Å². The second-order valence-corrected chi connectivity index (χ2v) is 6.77. The quantitative estimate of drug-likeness (QED) is 0.352. The number of carbonyl (C=O) groups excluding carboxylic acids is 1. The molecule has 0 bridgehead atoms. The molecule has 3 aromatic rings. The molecule has 132 valence electrons. The number of anilines is 1. The molecule has 26 heavy (non-hydrogen) atoms. The van der Waals surface area contributed by atoms with Gasteiger partial charge >= 0.3 is 0 Å². The summed E-state index contributed by atoms with van der Waals surface area (Å²) < 4.78 is 6.38. The molecule has 1 amide bonds. The molecule has 1 aromatic heterocycles. The highest BCUT2D eigenvalue weighted by Crippen LogP contribution is 2.29. The van der Waals surface area contributed by atoms with Crippen LogP contribution in [0.5, 0.6) is 0 Å². The van der Waals surface area contributed by atoms with Crippen LogP contribution in [-0.4, -0.2) is 26.8 Å². The maximum Gasteiger partial charge on any atom is 0.277 e. The van der Waals surface area contributed by atoms with E-state index in [0.29, 0.717) is 11.6 Å². The summed E-state index contributed by atoms with van der Waals surface area (Å²) in [6, 6.07) is 13.0. The Morgan fingerprint density at radius 3 is 2.62 bits per heavy atom. The van der Waals surface area contributed by atoms with Gasteiger partial charge in [0.2, 0.25) is 11.8 Å². The lowest BCUT2D eigenvalue weighted by Gasteiger charge is -2.03. The second-order valence-electron chi connectivity index (χ2n) is 4.99. The van der Waals surface area contributed by atoms with Crippen LogP contribution in [0.3, 0.4) is 0 Å². The fourth-order valence-corrected chi connectivity index (χ4v) is 3.02. The predicted octanol–water partition coefficient (Wildman–Crippen LogP) is 4.14. The number of amides is 1. The number of non-ortho nitro benzene ring substituents is 1. The summed E-state index contributed by atoms with van der Waals surface area (Å²) >= 11 is 4.52. The lowest BCUT2D eigenvalue weighted by Crippen LogP contribution is -2.13. The smallest absolute Gasteiger partial charge is 0.277 e. The van der Waals surface area contributed by atoms with Crippen molar-refractivity contribution >= 4 is 45.0 Å². The van der Waals surface area contributed by atoms with Crippen molar-refractivity contribution in [3.8, 4) is 11.5 Å². The third kappa shape index (κ3) is 4.46. The SMILES string of the molecule is O=C(CSc1nnc(-c2ccccc2Br)o1)Nc1ccc([N+](=O)[O-])cc1. The Labute approximate surface area is 160 Å². The number of hydrogen-bond donors (Lipinski definition) is 1. The molecular formula is C16H11BrN4O4S. The van der Waals surface area contributed by atoms with Gasteiger partial charge in [0.05, 0.1) is 16.2 Å². The normalized spacial score (nSPS) is 10.5. The lowest BCUT2D eigenvalue weighted by atomic mass is 10.2. The first-order valence-electron chi connectivity index (χ1n) is 7.28. The van der Waals surface area contributed by atoms with Crippen LogP contribution in [0.1, 0.15) is 0 Å². The van der Waals surface area contributed by atoms with E-state index < -0.39 is 4.92 Å². The van der Waals surface area contributed by atoms with Gasteiger partial charge in [-0.3, -0.25) is 14.9 Å². The Morgan fingerprint density at radius 2 is 1.92 bits per heavy atom. The molecule has 0 atom stereocenters. The van der Waals surface area contributed by atoms with Gasteiger partial charge < -0.3 is 9.73 Å². The lowest BCUT2D eigenvalue weighted by molar-refractivity contribution is -0.384. The number of benzene rings is 2. The van der Waals surface area contributed by atoms with Crippen LogP contribution in [0, 0.1) is 10.1 Å². The van der Waals surface area contributed by atoms with Crippen molar-refractivity contribution in [3.63, 3.8) is 0 Å². The zero-order valence-corrected chi connectivity index (χ0v) is 15.5. The molecule has 1 heterocycles. The van der Waals surface area contributed by atoms with E-state index in [1.54, 1.807) is 0 Å². The maximum absolute atomic E-state index is 12.0. The zero-order valence-electron chi connectivity index (χ0n) is 13.1. The van der Waals surface area contributed by atoms with Gasteiger partial charge in [0.25, 0.3) is 10.9 Å². The summed E-state index contributed by atoms with van der Waals surface area (Å²) in [5, 5.41) is 21.4. The fourth-order valence-electron chi connectivity index (χ4n) is 2.00. The van der Waals surface area contributed by atoms with Gasteiger partial charge in [-0.15, -0.1) is 10.2 Å². The zero-order chi connectivity index (χ0) is 18.5. The first kappa shape index (κ1) is 18.1. The number of nitrogens with one attached hydrogen (secondary N) is 1. The molecule has 10 heteroatoms. The van der Waals surface area contributed by atoms with Gasteiger partial charge in [-0.05, 0) is 40.2 Å². The monoisotopic (exact) mass is 434 g/mol. The first-order valence-corrected chi connectivity index (χ1v) is 9.06. The number of aromatic nitrogens is 2. The molecule has 0 saturated carbocycles. The molecule has 0 saturated heterocycles. The number of nitro groups is 1. The Bertz CT molecular complexity index is 945. The van der Waals surface area contributed by atoms with Crippen LogP contribution >= 0.6 is 27.7 Å². The van der Waals surface area contributed by atoms with Crippen molar-refractivity contribution in [2.75, 3.05) is 11.1 Å². The number of nitro benzene ring substituents is 1. The van der Waals surface area contributed by atoms with Gasteiger partial charge in [0.15, 0.2) is 0 Å².